The van der Waals surface area contributed by atoms with Gasteiger partial charge in [-0.1, -0.05) is 19.1 Å². The Balaban J connectivity index is 2.21. The van der Waals surface area contributed by atoms with E-state index in [9.17, 15) is 9.90 Å². The Morgan fingerprint density at radius 1 is 1.47 bits per heavy atom. The molecule has 3 unspecified atom stereocenters. The third kappa shape index (κ3) is 2.61. The molecule has 0 spiro atoms. The quantitative estimate of drug-likeness (QED) is 0.904. The van der Waals surface area contributed by atoms with Crippen LogP contribution in [0.25, 0.3) is 0 Å². The van der Waals surface area contributed by atoms with E-state index < -0.39 is 12.0 Å². The minimum atomic E-state index is -0.745. The fraction of sp³-hybridized carbons (Fsp3) is 0.467. The van der Waals surface area contributed by atoms with Crippen LogP contribution in [0.2, 0.25) is 0 Å². The molecule has 1 aromatic carbocycles. The molecular formula is C15H18N2O2. The molecule has 0 aromatic heterocycles. The largest absolute Gasteiger partial charge is 0.480 e. The molecule has 1 fully saturated rings. The molecule has 0 saturated carbocycles. The van der Waals surface area contributed by atoms with Crippen molar-refractivity contribution in [3.05, 3.63) is 35.4 Å². The Morgan fingerprint density at radius 3 is 2.63 bits per heavy atom. The first-order valence-electron chi connectivity index (χ1n) is 6.53. The molecule has 1 N–H and O–H groups in total. The standard InChI is InChI=1S/C15H18N2O2/c1-10-7-8-17(14(10)15(18)19)11(2)13-5-3-12(9-16)4-6-13/h3-6,10-11,14H,7-8H2,1-2H3,(H,18,19). The molecule has 2 rings (SSSR count). The van der Waals surface area contributed by atoms with E-state index in [4.69, 9.17) is 5.26 Å². The molecule has 1 aliphatic heterocycles. The van der Waals surface area contributed by atoms with E-state index in [1.807, 2.05) is 30.9 Å². The number of carboxylic acid groups (broad SMARTS) is 1. The van der Waals surface area contributed by atoms with E-state index in [1.165, 1.54) is 0 Å². The van der Waals surface area contributed by atoms with Crippen LogP contribution in [0.5, 0.6) is 0 Å². The fourth-order valence-electron chi connectivity index (χ4n) is 2.82. The summed E-state index contributed by atoms with van der Waals surface area (Å²) in [6.07, 6.45) is 0.914. The maximum absolute atomic E-state index is 11.4. The number of rotatable bonds is 3. The summed E-state index contributed by atoms with van der Waals surface area (Å²) < 4.78 is 0. The molecule has 1 heterocycles. The van der Waals surface area contributed by atoms with E-state index >= 15 is 0 Å². The number of aliphatic carboxylic acids is 1. The second-order valence-corrected chi connectivity index (χ2v) is 5.20. The average Bonchev–Trinajstić information content (AvgIpc) is 2.80. The minimum absolute atomic E-state index is 0.0544. The van der Waals surface area contributed by atoms with Gasteiger partial charge in [0.05, 0.1) is 11.6 Å². The van der Waals surface area contributed by atoms with Gasteiger partial charge in [-0.05, 0) is 43.5 Å². The van der Waals surface area contributed by atoms with Crippen LogP contribution in [0.4, 0.5) is 0 Å². The molecule has 4 heteroatoms. The SMILES string of the molecule is CC1CCN(C(C)c2ccc(C#N)cc2)C1C(=O)O. The third-order valence-electron chi connectivity index (χ3n) is 4.01. The Hall–Kier alpha value is -1.86. The van der Waals surface area contributed by atoms with Gasteiger partial charge < -0.3 is 5.11 Å². The summed E-state index contributed by atoms with van der Waals surface area (Å²) in [5.74, 6) is -0.566. The second kappa shape index (κ2) is 5.41. The smallest absolute Gasteiger partial charge is 0.321 e. The number of carboxylic acids is 1. The summed E-state index contributed by atoms with van der Waals surface area (Å²) in [4.78, 5) is 13.4. The highest BCUT2D eigenvalue weighted by molar-refractivity contribution is 5.74. The summed E-state index contributed by atoms with van der Waals surface area (Å²) >= 11 is 0. The molecule has 1 aliphatic rings. The highest BCUT2D eigenvalue weighted by Gasteiger charge is 2.39. The molecular weight excluding hydrogens is 240 g/mol. The molecule has 0 bridgehead atoms. The van der Waals surface area contributed by atoms with Crippen molar-refractivity contribution < 1.29 is 9.90 Å². The lowest BCUT2D eigenvalue weighted by Crippen LogP contribution is -2.40. The van der Waals surface area contributed by atoms with Gasteiger partial charge in [0.15, 0.2) is 0 Å². The zero-order valence-electron chi connectivity index (χ0n) is 11.2. The lowest BCUT2D eigenvalue weighted by atomic mass is 10.0. The van der Waals surface area contributed by atoms with Crippen molar-refractivity contribution in [3.8, 4) is 6.07 Å². The fourth-order valence-corrected chi connectivity index (χ4v) is 2.82. The molecule has 0 amide bonds. The predicted molar refractivity (Wildman–Crippen MR) is 71.5 cm³/mol. The van der Waals surface area contributed by atoms with E-state index in [0.29, 0.717) is 5.56 Å². The van der Waals surface area contributed by atoms with Crippen molar-refractivity contribution in [1.82, 2.24) is 4.90 Å². The molecule has 0 radical (unpaired) electrons. The zero-order valence-corrected chi connectivity index (χ0v) is 11.2. The monoisotopic (exact) mass is 258 g/mol. The molecule has 4 nitrogen and oxygen atoms in total. The van der Waals surface area contributed by atoms with E-state index in [2.05, 4.69) is 6.07 Å². The number of benzene rings is 1. The normalized spacial score (nSPS) is 24.9. The van der Waals surface area contributed by atoms with Gasteiger partial charge in [0.25, 0.3) is 0 Å². The highest BCUT2D eigenvalue weighted by Crippen LogP contribution is 2.32. The van der Waals surface area contributed by atoms with Crippen LogP contribution in [-0.4, -0.2) is 28.6 Å². The Bertz CT molecular complexity index is 504. The third-order valence-corrected chi connectivity index (χ3v) is 4.01. The van der Waals surface area contributed by atoms with Crippen LogP contribution >= 0.6 is 0 Å². The van der Waals surface area contributed by atoms with Crippen LogP contribution < -0.4 is 0 Å². The minimum Gasteiger partial charge on any atom is -0.480 e. The molecule has 1 aromatic rings. The summed E-state index contributed by atoms with van der Waals surface area (Å²) in [5.41, 5.74) is 1.68. The first-order chi connectivity index (χ1) is 9.04. The summed E-state index contributed by atoms with van der Waals surface area (Å²) in [7, 11) is 0. The first-order valence-corrected chi connectivity index (χ1v) is 6.53. The van der Waals surface area contributed by atoms with Crippen LogP contribution in [0.15, 0.2) is 24.3 Å². The van der Waals surface area contributed by atoms with Crippen molar-refractivity contribution in [1.29, 1.82) is 5.26 Å². The van der Waals surface area contributed by atoms with E-state index in [1.54, 1.807) is 12.1 Å². The Kier molecular flexibility index (Phi) is 3.87. The van der Waals surface area contributed by atoms with Crippen molar-refractivity contribution in [3.63, 3.8) is 0 Å². The Morgan fingerprint density at radius 2 is 2.11 bits per heavy atom. The van der Waals surface area contributed by atoms with Gasteiger partial charge in [0.2, 0.25) is 0 Å². The molecule has 3 atom stereocenters. The summed E-state index contributed by atoms with van der Waals surface area (Å²) in [5, 5.41) is 18.1. The molecule has 100 valence electrons. The molecule has 0 aliphatic carbocycles. The number of nitriles is 1. The van der Waals surface area contributed by atoms with Gasteiger partial charge in [0, 0.05) is 6.04 Å². The number of nitrogens with zero attached hydrogens (tertiary/aromatic N) is 2. The maximum atomic E-state index is 11.4. The highest BCUT2D eigenvalue weighted by atomic mass is 16.4. The van der Waals surface area contributed by atoms with E-state index in [-0.39, 0.29) is 12.0 Å². The van der Waals surface area contributed by atoms with Crippen molar-refractivity contribution in [2.24, 2.45) is 5.92 Å². The van der Waals surface area contributed by atoms with Gasteiger partial charge in [-0.15, -0.1) is 0 Å². The van der Waals surface area contributed by atoms with E-state index in [0.717, 1.165) is 18.5 Å². The predicted octanol–water partition coefficient (Wildman–Crippen LogP) is 2.41. The topological polar surface area (TPSA) is 64.3 Å². The Labute approximate surface area is 113 Å². The van der Waals surface area contributed by atoms with Crippen LogP contribution in [0.3, 0.4) is 0 Å². The number of hydrogen-bond donors (Lipinski definition) is 1. The number of hydrogen-bond acceptors (Lipinski definition) is 3. The number of likely N-dealkylation sites (tertiary alicyclic amines) is 1. The molecule has 1 saturated heterocycles. The second-order valence-electron chi connectivity index (χ2n) is 5.20. The van der Waals surface area contributed by atoms with Gasteiger partial charge in [-0.2, -0.15) is 5.26 Å². The van der Waals surface area contributed by atoms with Gasteiger partial charge in [0.1, 0.15) is 6.04 Å². The lowest BCUT2D eigenvalue weighted by Gasteiger charge is -2.29. The first kappa shape index (κ1) is 13.6. The van der Waals surface area contributed by atoms with Gasteiger partial charge in [-0.3, -0.25) is 9.69 Å². The van der Waals surface area contributed by atoms with Gasteiger partial charge in [-0.25, -0.2) is 0 Å². The van der Waals surface area contributed by atoms with Gasteiger partial charge >= 0.3 is 5.97 Å². The van der Waals surface area contributed by atoms with Crippen molar-refractivity contribution in [2.75, 3.05) is 6.54 Å². The summed E-state index contributed by atoms with van der Waals surface area (Å²) in [6.45, 7) is 4.82. The van der Waals surface area contributed by atoms with Crippen LogP contribution in [0, 0.1) is 17.2 Å². The maximum Gasteiger partial charge on any atom is 0.321 e. The van der Waals surface area contributed by atoms with Crippen LogP contribution in [0.1, 0.15) is 37.4 Å². The summed E-state index contributed by atoms with van der Waals surface area (Å²) in [6, 6.07) is 9.11. The average molecular weight is 258 g/mol. The van der Waals surface area contributed by atoms with Crippen molar-refractivity contribution in [2.45, 2.75) is 32.4 Å². The lowest BCUT2D eigenvalue weighted by molar-refractivity contribution is -0.144. The molecule has 19 heavy (non-hydrogen) atoms. The number of carbonyl (C=O) groups is 1. The van der Waals surface area contributed by atoms with Crippen LogP contribution in [-0.2, 0) is 4.79 Å². The zero-order chi connectivity index (χ0) is 14.0. The van der Waals surface area contributed by atoms with Crippen molar-refractivity contribution >= 4 is 5.97 Å².